The Morgan fingerprint density at radius 1 is 1.40 bits per heavy atom. The van der Waals surface area contributed by atoms with Crippen LogP contribution in [-0.4, -0.2) is 18.3 Å². The molecule has 0 aromatic heterocycles. The Morgan fingerprint density at radius 3 is 2.60 bits per heavy atom. The number of phenols is 1. The summed E-state index contributed by atoms with van der Waals surface area (Å²) in [4.78, 5) is 0. The van der Waals surface area contributed by atoms with E-state index in [0.717, 1.165) is 16.9 Å². The highest BCUT2D eigenvalue weighted by molar-refractivity contribution is 5.46. The van der Waals surface area contributed by atoms with Gasteiger partial charge in [0.25, 0.3) is 0 Å². The maximum atomic E-state index is 9.62. The van der Waals surface area contributed by atoms with E-state index in [4.69, 9.17) is 10.5 Å². The number of hydrogen-bond acceptors (Lipinski definition) is 3. The number of aromatic hydroxyl groups is 1. The molecule has 1 aromatic rings. The zero-order valence-corrected chi connectivity index (χ0v) is 9.58. The second-order valence-electron chi connectivity index (χ2n) is 3.97. The summed E-state index contributed by atoms with van der Waals surface area (Å²) in [5, 5.41) is 9.62. The van der Waals surface area contributed by atoms with Crippen molar-refractivity contribution in [1.29, 1.82) is 0 Å². The van der Waals surface area contributed by atoms with Crippen LogP contribution in [0.1, 0.15) is 30.9 Å². The summed E-state index contributed by atoms with van der Waals surface area (Å²) in [5.41, 5.74) is 7.24. The Morgan fingerprint density at radius 2 is 2.07 bits per heavy atom. The van der Waals surface area contributed by atoms with Crippen molar-refractivity contribution in [3.8, 4) is 11.5 Å². The highest BCUT2D eigenvalue weighted by Gasteiger charge is 2.10. The minimum absolute atomic E-state index is 0.318. The van der Waals surface area contributed by atoms with Crippen molar-refractivity contribution in [2.24, 2.45) is 5.73 Å². The molecule has 0 bridgehead atoms. The van der Waals surface area contributed by atoms with Gasteiger partial charge in [0.1, 0.15) is 18.1 Å². The molecule has 0 radical (unpaired) electrons. The predicted molar refractivity (Wildman–Crippen MR) is 61.5 cm³/mol. The summed E-state index contributed by atoms with van der Waals surface area (Å²) in [6, 6.07) is 3.63. The maximum Gasteiger partial charge on any atom is 0.123 e. The van der Waals surface area contributed by atoms with E-state index in [-0.39, 0.29) is 0 Å². The molecule has 1 rings (SSSR count). The lowest BCUT2D eigenvalue weighted by Crippen LogP contribution is -2.11. The molecular formula is C12H19NO2. The number of rotatable bonds is 4. The summed E-state index contributed by atoms with van der Waals surface area (Å²) in [5.74, 6) is 1.47. The third-order valence-corrected chi connectivity index (χ3v) is 2.33. The normalized spacial score (nSPS) is 10.7. The Hall–Kier alpha value is -1.22. The van der Waals surface area contributed by atoms with Crippen molar-refractivity contribution >= 4 is 0 Å². The molecule has 1 aromatic carbocycles. The van der Waals surface area contributed by atoms with Crippen LogP contribution in [0.3, 0.4) is 0 Å². The van der Waals surface area contributed by atoms with Crippen LogP contribution in [-0.2, 0) is 0 Å². The minimum Gasteiger partial charge on any atom is -0.508 e. The Kier molecular flexibility index (Phi) is 3.97. The smallest absolute Gasteiger partial charge is 0.123 e. The quantitative estimate of drug-likeness (QED) is 0.799. The van der Waals surface area contributed by atoms with Crippen molar-refractivity contribution in [1.82, 2.24) is 0 Å². The van der Waals surface area contributed by atoms with E-state index >= 15 is 0 Å². The van der Waals surface area contributed by atoms with Crippen molar-refractivity contribution < 1.29 is 9.84 Å². The Balaban J connectivity index is 3.04. The lowest BCUT2D eigenvalue weighted by Gasteiger charge is -2.15. The number of aryl methyl sites for hydroxylation is 1. The third-order valence-electron chi connectivity index (χ3n) is 2.33. The predicted octanol–water partition coefficient (Wildman–Crippen LogP) is 2.16. The van der Waals surface area contributed by atoms with E-state index in [9.17, 15) is 5.11 Å². The van der Waals surface area contributed by atoms with Gasteiger partial charge in [-0.15, -0.1) is 0 Å². The van der Waals surface area contributed by atoms with E-state index in [2.05, 4.69) is 13.8 Å². The van der Waals surface area contributed by atoms with E-state index < -0.39 is 0 Å². The fourth-order valence-corrected chi connectivity index (χ4v) is 1.43. The topological polar surface area (TPSA) is 55.5 Å². The first-order chi connectivity index (χ1) is 7.06. The fraction of sp³-hybridized carbons (Fsp3) is 0.500. The Labute approximate surface area is 90.9 Å². The fourth-order valence-electron chi connectivity index (χ4n) is 1.43. The zero-order chi connectivity index (χ0) is 11.4. The molecule has 0 saturated heterocycles. The lowest BCUT2D eigenvalue weighted by atomic mass is 10.00. The molecule has 0 aliphatic heterocycles. The third kappa shape index (κ3) is 2.86. The van der Waals surface area contributed by atoms with Gasteiger partial charge in [-0.25, -0.2) is 0 Å². The van der Waals surface area contributed by atoms with Crippen molar-refractivity contribution in [2.75, 3.05) is 13.2 Å². The second kappa shape index (κ2) is 5.03. The first-order valence-electron chi connectivity index (χ1n) is 5.22. The number of hydrogen-bond donors (Lipinski definition) is 2. The van der Waals surface area contributed by atoms with Gasteiger partial charge in [-0.1, -0.05) is 13.8 Å². The van der Waals surface area contributed by atoms with Crippen molar-refractivity contribution in [3.05, 3.63) is 23.3 Å². The summed E-state index contributed by atoms with van der Waals surface area (Å²) in [6.45, 7) is 7.00. The van der Waals surface area contributed by atoms with Crippen LogP contribution in [0.15, 0.2) is 12.1 Å². The maximum absolute atomic E-state index is 9.62. The van der Waals surface area contributed by atoms with Crippen LogP contribution in [0.5, 0.6) is 11.5 Å². The Bertz CT molecular complexity index is 335. The first kappa shape index (κ1) is 11.9. The molecule has 0 amide bonds. The molecule has 3 nitrogen and oxygen atoms in total. The van der Waals surface area contributed by atoms with Crippen molar-refractivity contribution in [2.45, 2.75) is 26.7 Å². The lowest BCUT2D eigenvalue weighted by molar-refractivity contribution is 0.322. The number of benzene rings is 1. The van der Waals surface area contributed by atoms with Gasteiger partial charge in [0.15, 0.2) is 0 Å². The summed E-state index contributed by atoms with van der Waals surface area (Å²) in [6.07, 6.45) is 0. The summed E-state index contributed by atoms with van der Waals surface area (Å²) in [7, 11) is 0. The van der Waals surface area contributed by atoms with E-state index in [1.54, 1.807) is 6.07 Å². The zero-order valence-electron chi connectivity index (χ0n) is 9.58. The molecule has 0 unspecified atom stereocenters. The van der Waals surface area contributed by atoms with Gasteiger partial charge in [0, 0.05) is 12.1 Å². The van der Waals surface area contributed by atoms with Gasteiger partial charge >= 0.3 is 0 Å². The van der Waals surface area contributed by atoms with Crippen LogP contribution >= 0.6 is 0 Å². The molecule has 0 atom stereocenters. The molecule has 3 heteroatoms. The second-order valence-corrected chi connectivity index (χ2v) is 3.97. The molecule has 0 saturated carbocycles. The van der Waals surface area contributed by atoms with Gasteiger partial charge in [-0.05, 0) is 30.5 Å². The van der Waals surface area contributed by atoms with Gasteiger partial charge in [0.05, 0.1) is 0 Å². The summed E-state index contributed by atoms with van der Waals surface area (Å²) < 4.78 is 5.55. The van der Waals surface area contributed by atoms with E-state index in [0.29, 0.717) is 24.8 Å². The molecule has 0 spiro atoms. The molecular weight excluding hydrogens is 190 g/mol. The van der Waals surface area contributed by atoms with Gasteiger partial charge in [-0.3, -0.25) is 0 Å². The molecule has 0 aliphatic rings. The molecule has 84 valence electrons. The van der Waals surface area contributed by atoms with Crippen molar-refractivity contribution in [3.63, 3.8) is 0 Å². The highest BCUT2D eigenvalue weighted by atomic mass is 16.5. The minimum atomic E-state index is 0.318. The van der Waals surface area contributed by atoms with Gasteiger partial charge in [-0.2, -0.15) is 0 Å². The van der Waals surface area contributed by atoms with Crippen LogP contribution in [0.25, 0.3) is 0 Å². The van der Waals surface area contributed by atoms with Crippen LogP contribution in [0.4, 0.5) is 0 Å². The van der Waals surface area contributed by atoms with Crippen LogP contribution in [0.2, 0.25) is 0 Å². The average Bonchev–Trinajstić information content (AvgIpc) is 2.19. The largest absolute Gasteiger partial charge is 0.508 e. The SMILES string of the molecule is Cc1cc(OCCN)c(C(C)C)cc1O. The molecule has 0 aliphatic carbocycles. The molecule has 3 N–H and O–H groups in total. The number of nitrogens with two attached hydrogens (primary N) is 1. The highest BCUT2D eigenvalue weighted by Crippen LogP contribution is 2.32. The van der Waals surface area contributed by atoms with Crippen LogP contribution in [0, 0.1) is 6.92 Å². The average molecular weight is 209 g/mol. The first-order valence-corrected chi connectivity index (χ1v) is 5.22. The van der Waals surface area contributed by atoms with Crippen LogP contribution < -0.4 is 10.5 Å². The standard InChI is InChI=1S/C12H19NO2/c1-8(2)10-7-11(14)9(3)6-12(10)15-5-4-13/h6-8,14H,4-5,13H2,1-3H3. The molecule has 0 heterocycles. The number of phenolic OH excluding ortho intramolecular Hbond substituents is 1. The van der Waals surface area contributed by atoms with Gasteiger partial charge in [0.2, 0.25) is 0 Å². The summed E-state index contributed by atoms with van der Waals surface area (Å²) >= 11 is 0. The molecule has 0 fully saturated rings. The van der Waals surface area contributed by atoms with E-state index in [1.807, 2.05) is 13.0 Å². The van der Waals surface area contributed by atoms with E-state index in [1.165, 1.54) is 0 Å². The number of ether oxygens (including phenoxy) is 1. The van der Waals surface area contributed by atoms with Gasteiger partial charge < -0.3 is 15.6 Å². The molecule has 15 heavy (non-hydrogen) atoms. The monoisotopic (exact) mass is 209 g/mol.